The number of aromatic amines is 1. The number of imidazole rings is 1. The Morgan fingerprint density at radius 3 is 2.67 bits per heavy atom. The van der Waals surface area contributed by atoms with Crippen molar-refractivity contribution in [2.24, 2.45) is 0 Å². The molecule has 5 nitrogen and oxygen atoms in total. The van der Waals surface area contributed by atoms with Gasteiger partial charge in [-0.2, -0.15) is 0 Å². The van der Waals surface area contributed by atoms with Gasteiger partial charge in [-0.15, -0.1) is 17.0 Å². The number of H-pyrrole nitrogens is 1. The van der Waals surface area contributed by atoms with Gasteiger partial charge in [0.15, 0.2) is 5.78 Å². The summed E-state index contributed by atoms with van der Waals surface area (Å²) in [5, 5.41) is 11.9. The fourth-order valence-corrected chi connectivity index (χ4v) is 2.51. The van der Waals surface area contributed by atoms with Crippen LogP contribution < -0.4 is 5.32 Å². The predicted molar refractivity (Wildman–Crippen MR) is 101 cm³/mol. The highest BCUT2D eigenvalue weighted by Crippen LogP contribution is 2.20. The maximum absolute atomic E-state index is 12.5. The minimum Gasteiger partial charge on any atom is -0.395 e. The summed E-state index contributed by atoms with van der Waals surface area (Å²) in [6, 6.07) is 13.4. The number of Topliss-reactive ketones (excluding diaryl/α,β-unsaturated/α-hetero) is 1. The lowest BCUT2D eigenvalue weighted by atomic mass is 10.0. The van der Waals surface area contributed by atoms with Crippen molar-refractivity contribution in [3.63, 3.8) is 0 Å². The van der Waals surface area contributed by atoms with E-state index in [0.717, 1.165) is 22.2 Å². The molecule has 3 rings (SSSR count). The molecule has 0 aliphatic carbocycles. The van der Waals surface area contributed by atoms with Crippen molar-refractivity contribution in [3.8, 4) is 0 Å². The van der Waals surface area contributed by atoms with Gasteiger partial charge in [-0.1, -0.05) is 42.0 Å². The third-order valence-corrected chi connectivity index (χ3v) is 3.73. The second-order valence-corrected chi connectivity index (χ2v) is 5.52. The van der Waals surface area contributed by atoms with Crippen LogP contribution in [0.4, 0.5) is 5.95 Å². The Labute approximate surface area is 150 Å². The fourth-order valence-electron chi connectivity index (χ4n) is 2.51. The van der Waals surface area contributed by atoms with Crippen molar-refractivity contribution in [1.82, 2.24) is 9.97 Å². The Hall–Kier alpha value is -2.18. The van der Waals surface area contributed by atoms with Gasteiger partial charge in [-0.3, -0.25) is 4.79 Å². The van der Waals surface area contributed by atoms with Crippen LogP contribution in [0.25, 0.3) is 11.0 Å². The van der Waals surface area contributed by atoms with Crippen LogP contribution in [-0.2, 0) is 6.42 Å². The van der Waals surface area contributed by atoms with Crippen molar-refractivity contribution >= 4 is 39.7 Å². The highest BCUT2D eigenvalue weighted by Gasteiger charge is 2.12. The van der Waals surface area contributed by atoms with Crippen LogP contribution >= 0.6 is 17.0 Å². The number of nitrogens with zero attached hydrogens (tertiary/aromatic N) is 1. The van der Waals surface area contributed by atoms with Crippen molar-refractivity contribution in [1.29, 1.82) is 0 Å². The molecule has 126 valence electrons. The van der Waals surface area contributed by atoms with Crippen LogP contribution in [0, 0.1) is 6.92 Å². The molecule has 6 heteroatoms. The number of aryl methyl sites for hydroxylation is 1. The number of aromatic nitrogens is 2. The first-order valence-corrected chi connectivity index (χ1v) is 7.59. The maximum atomic E-state index is 12.5. The van der Waals surface area contributed by atoms with E-state index in [4.69, 9.17) is 5.11 Å². The molecule has 3 N–H and O–H groups in total. The summed E-state index contributed by atoms with van der Waals surface area (Å²) in [7, 11) is 0. The summed E-state index contributed by atoms with van der Waals surface area (Å²) in [4.78, 5) is 20.1. The van der Waals surface area contributed by atoms with Gasteiger partial charge < -0.3 is 15.4 Å². The smallest absolute Gasteiger partial charge is 0.201 e. The van der Waals surface area contributed by atoms with Gasteiger partial charge in [0, 0.05) is 18.5 Å². The fraction of sp³-hybridized carbons (Fsp3) is 0.222. The molecule has 0 bridgehead atoms. The number of benzene rings is 2. The molecule has 0 aliphatic rings. The molecule has 0 unspecified atom stereocenters. The Bertz CT molecular complexity index is 828. The SMILES string of the molecule is Br.Cc1ccc(C(=O)Cc2cccc3[nH]c(NCCO)nc23)cc1. The number of hydrogen-bond acceptors (Lipinski definition) is 4. The van der Waals surface area contributed by atoms with E-state index in [2.05, 4.69) is 15.3 Å². The molecule has 0 amide bonds. The van der Waals surface area contributed by atoms with Gasteiger partial charge in [0.1, 0.15) is 0 Å². The number of ketones is 1. The largest absolute Gasteiger partial charge is 0.395 e. The quantitative estimate of drug-likeness (QED) is 0.565. The molecule has 0 fully saturated rings. The summed E-state index contributed by atoms with van der Waals surface area (Å²) in [5.41, 5.74) is 4.40. The van der Waals surface area contributed by atoms with Gasteiger partial charge in [0.25, 0.3) is 0 Å². The molecule has 0 radical (unpaired) electrons. The highest BCUT2D eigenvalue weighted by atomic mass is 79.9. The zero-order chi connectivity index (χ0) is 16.2. The number of fused-ring (bicyclic) bond motifs is 1. The van der Waals surface area contributed by atoms with Crippen LogP contribution in [-0.4, -0.2) is 34.0 Å². The lowest BCUT2D eigenvalue weighted by Gasteiger charge is -2.03. The third-order valence-electron chi connectivity index (χ3n) is 3.73. The third kappa shape index (κ3) is 4.01. The summed E-state index contributed by atoms with van der Waals surface area (Å²) in [6.45, 7) is 2.47. The Morgan fingerprint density at radius 1 is 1.21 bits per heavy atom. The Balaban J connectivity index is 0.00000208. The summed E-state index contributed by atoms with van der Waals surface area (Å²) in [6.07, 6.45) is 0.310. The van der Waals surface area contributed by atoms with Crippen LogP contribution in [0.3, 0.4) is 0 Å². The van der Waals surface area contributed by atoms with Crippen molar-refractivity contribution in [2.75, 3.05) is 18.5 Å². The number of aliphatic hydroxyl groups excluding tert-OH is 1. The number of rotatable bonds is 6. The lowest BCUT2D eigenvalue weighted by Crippen LogP contribution is -2.06. The maximum Gasteiger partial charge on any atom is 0.201 e. The lowest BCUT2D eigenvalue weighted by molar-refractivity contribution is 0.0993. The minimum absolute atomic E-state index is 0. The van der Waals surface area contributed by atoms with Gasteiger partial charge >= 0.3 is 0 Å². The second kappa shape index (κ2) is 8.08. The Morgan fingerprint density at radius 2 is 1.96 bits per heavy atom. The molecular formula is C18H20BrN3O2. The summed E-state index contributed by atoms with van der Waals surface area (Å²) >= 11 is 0. The van der Waals surface area contributed by atoms with Gasteiger partial charge in [0.05, 0.1) is 17.6 Å². The van der Waals surface area contributed by atoms with E-state index in [0.29, 0.717) is 24.5 Å². The molecule has 3 aromatic rings. The number of anilines is 1. The first kappa shape index (κ1) is 18.2. The monoisotopic (exact) mass is 389 g/mol. The van der Waals surface area contributed by atoms with Gasteiger partial charge in [-0.05, 0) is 18.6 Å². The molecule has 1 heterocycles. The number of nitrogens with one attached hydrogen (secondary N) is 2. The van der Waals surface area contributed by atoms with Crippen molar-refractivity contribution < 1.29 is 9.90 Å². The number of halogens is 1. The zero-order valence-electron chi connectivity index (χ0n) is 13.4. The van der Waals surface area contributed by atoms with E-state index in [9.17, 15) is 4.79 Å². The van der Waals surface area contributed by atoms with Crippen molar-refractivity contribution in [3.05, 3.63) is 59.2 Å². The number of carbonyl (C=O) groups is 1. The molecule has 0 spiro atoms. The van der Waals surface area contributed by atoms with Crippen LogP contribution in [0.15, 0.2) is 42.5 Å². The zero-order valence-corrected chi connectivity index (χ0v) is 15.1. The van der Waals surface area contributed by atoms with Crippen molar-refractivity contribution in [2.45, 2.75) is 13.3 Å². The standard InChI is InChI=1S/C18H19N3O2.BrH/c1-12-5-7-13(8-6-12)16(23)11-14-3-2-4-15-17(14)21-18(20-15)19-9-10-22;/h2-8,22H,9-11H2,1H3,(H2,19,20,21);1H. The number of hydrogen-bond donors (Lipinski definition) is 3. The number of aliphatic hydroxyl groups is 1. The highest BCUT2D eigenvalue weighted by molar-refractivity contribution is 8.93. The van der Waals surface area contributed by atoms with Crippen LogP contribution in [0.1, 0.15) is 21.5 Å². The minimum atomic E-state index is 0. The first-order chi connectivity index (χ1) is 11.2. The number of carbonyl (C=O) groups excluding carboxylic acids is 1. The molecule has 24 heavy (non-hydrogen) atoms. The van der Waals surface area contributed by atoms with E-state index >= 15 is 0 Å². The molecule has 0 aliphatic heterocycles. The molecule has 0 atom stereocenters. The van der Waals surface area contributed by atoms with E-state index in [1.54, 1.807) is 0 Å². The van der Waals surface area contributed by atoms with Crippen LogP contribution in [0.2, 0.25) is 0 Å². The number of para-hydroxylation sites is 1. The predicted octanol–water partition coefficient (Wildman–Crippen LogP) is 3.28. The van der Waals surface area contributed by atoms with Crippen LogP contribution in [0.5, 0.6) is 0 Å². The average Bonchev–Trinajstić information content (AvgIpc) is 2.97. The van der Waals surface area contributed by atoms with Gasteiger partial charge in [0.2, 0.25) is 5.95 Å². The normalized spacial score (nSPS) is 10.4. The van der Waals surface area contributed by atoms with E-state index < -0.39 is 0 Å². The molecular weight excluding hydrogens is 370 g/mol. The second-order valence-electron chi connectivity index (χ2n) is 5.52. The van der Waals surface area contributed by atoms with E-state index in [1.807, 2.05) is 49.4 Å². The molecule has 0 saturated carbocycles. The first-order valence-electron chi connectivity index (χ1n) is 7.59. The molecule has 2 aromatic carbocycles. The summed E-state index contributed by atoms with van der Waals surface area (Å²) in [5.74, 6) is 0.676. The van der Waals surface area contributed by atoms with Gasteiger partial charge in [-0.25, -0.2) is 4.98 Å². The average molecular weight is 390 g/mol. The Kier molecular flexibility index (Phi) is 6.11. The molecule has 1 aromatic heterocycles. The van der Waals surface area contributed by atoms with E-state index in [-0.39, 0.29) is 29.4 Å². The van der Waals surface area contributed by atoms with E-state index in [1.165, 1.54) is 0 Å². The summed E-state index contributed by atoms with van der Waals surface area (Å²) < 4.78 is 0. The topological polar surface area (TPSA) is 78.0 Å². The molecule has 0 saturated heterocycles.